The Bertz CT molecular complexity index is 439. The van der Waals surface area contributed by atoms with E-state index in [9.17, 15) is 4.39 Å². The number of nitrogens with one attached hydrogen (secondary N) is 1. The van der Waals surface area contributed by atoms with E-state index in [-0.39, 0.29) is 5.82 Å². The lowest BCUT2D eigenvalue weighted by molar-refractivity contribution is 0.485. The summed E-state index contributed by atoms with van der Waals surface area (Å²) >= 11 is 0. The van der Waals surface area contributed by atoms with Crippen molar-refractivity contribution in [1.29, 1.82) is 0 Å². The summed E-state index contributed by atoms with van der Waals surface area (Å²) in [5, 5.41) is 3.51. The molecule has 0 aliphatic heterocycles. The molecule has 1 aromatic carbocycles. The summed E-state index contributed by atoms with van der Waals surface area (Å²) in [6, 6.07) is 5.88. The molecular formula is C18H29FN2. The zero-order chi connectivity index (χ0) is 15.2. The molecule has 2 rings (SSSR count). The molecule has 0 heterocycles. The Morgan fingerprint density at radius 1 is 1.24 bits per heavy atom. The molecule has 1 saturated carbocycles. The van der Waals surface area contributed by atoms with E-state index >= 15 is 0 Å². The van der Waals surface area contributed by atoms with Crippen molar-refractivity contribution in [1.82, 2.24) is 5.32 Å². The van der Waals surface area contributed by atoms with Crippen molar-refractivity contribution >= 4 is 5.69 Å². The number of benzene rings is 1. The molecule has 1 fully saturated rings. The summed E-state index contributed by atoms with van der Waals surface area (Å²) < 4.78 is 13.6. The second-order valence-corrected chi connectivity index (χ2v) is 6.15. The maximum absolute atomic E-state index is 13.6. The molecule has 3 heteroatoms. The molecule has 0 atom stereocenters. The molecule has 1 aliphatic carbocycles. The van der Waals surface area contributed by atoms with Gasteiger partial charge < -0.3 is 10.2 Å². The Labute approximate surface area is 128 Å². The monoisotopic (exact) mass is 292 g/mol. The number of hydrogen-bond acceptors (Lipinski definition) is 2. The highest BCUT2D eigenvalue weighted by Crippen LogP contribution is 2.26. The van der Waals surface area contributed by atoms with Gasteiger partial charge in [0.2, 0.25) is 0 Å². The Hall–Kier alpha value is -1.09. The topological polar surface area (TPSA) is 15.3 Å². The predicted octanol–water partition coefficient (Wildman–Crippen LogP) is 4.34. The highest BCUT2D eigenvalue weighted by molar-refractivity contribution is 5.54. The normalized spacial score (nSPS) is 14.7. The van der Waals surface area contributed by atoms with Crippen LogP contribution in [0.2, 0.25) is 0 Å². The van der Waals surface area contributed by atoms with Gasteiger partial charge >= 0.3 is 0 Å². The third-order valence-electron chi connectivity index (χ3n) is 4.56. The van der Waals surface area contributed by atoms with Gasteiger partial charge in [0.25, 0.3) is 0 Å². The molecule has 0 spiro atoms. The highest BCUT2D eigenvalue weighted by Gasteiger charge is 2.21. The second kappa shape index (κ2) is 7.79. The van der Waals surface area contributed by atoms with Crippen molar-refractivity contribution in [3.05, 3.63) is 29.6 Å². The van der Waals surface area contributed by atoms with Gasteiger partial charge in [-0.1, -0.05) is 26.7 Å². The summed E-state index contributed by atoms with van der Waals surface area (Å²) in [5.74, 6) is 0.573. The molecule has 1 aromatic rings. The zero-order valence-corrected chi connectivity index (χ0v) is 13.7. The van der Waals surface area contributed by atoms with Crippen molar-refractivity contribution in [3.8, 4) is 0 Å². The van der Waals surface area contributed by atoms with Crippen molar-refractivity contribution in [3.63, 3.8) is 0 Å². The van der Waals surface area contributed by atoms with Crippen LogP contribution in [0.1, 0.15) is 52.0 Å². The van der Waals surface area contributed by atoms with Crippen LogP contribution in [-0.2, 0) is 6.54 Å². The third kappa shape index (κ3) is 4.70. The van der Waals surface area contributed by atoms with Crippen molar-refractivity contribution in [2.75, 3.05) is 18.0 Å². The highest BCUT2D eigenvalue weighted by atomic mass is 19.1. The van der Waals surface area contributed by atoms with Crippen molar-refractivity contribution in [2.24, 2.45) is 5.92 Å². The lowest BCUT2D eigenvalue weighted by Gasteiger charge is -2.29. The molecule has 2 nitrogen and oxygen atoms in total. The lowest BCUT2D eigenvalue weighted by atomic mass is 10.0. The second-order valence-electron chi connectivity index (χ2n) is 6.15. The maximum atomic E-state index is 13.6. The van der Waals surface area contributed by atoms with Crippen LogP contribution in [0.5, 0.6) is 0 Å². The zero-order valence-electron chi connectivity index (χ0n) is 13.7. The van der Waals surface area contributed by atoms with Crippen LogP contribution < -0.4 is 10.2 Å². The van der Waals surface area contributed by atoms with E-state index in [1.54, 1.807) is 12.1 Å². The van der Waals surface area contributed by atoms with E-state index in [4.69, 9.17) is 0 Å². The SMILES string of the molecule is CCC(CC)CN(CC)c1ccc(F)cc1CNC1CC1. The molecular weight excluding hydrogens is 263 g/mol. The summed E-state index contributed by atoms with van der Waals surface area (Å²) in [4.78, 5) is 2.40. The van der Waals surface area contributed by atoms with Gasteiger partial charge in [-0.2, -0.15) is 0 Å². The largest absolute Gasteiger partial charge is 0.371 e. The fourth-order valence-electron chi connectivity index (χ4n) is 2.80. The van der Waals surface area contributed by atoms with Crippen LogP contribution in [0.3, 0.4) is 0 Å². The van der Waals surface area contributed by atoms with Gasteiger partial charge in [-0.15, -0.1) is 0 Å². The van der Waals surface area contributed by atoms with Crippen LogP contribution in [0.15, 0.2) is 18.2 Å². The van der Waals surface area contributed by atoms with Gasteiger partial charge in [0.05, 0.1) is 0 Å². The average Bonchev–Trinajstić information content (AvgIpc) is 3.32. The van der Waals surface area contributed by atoms with Gasteiger partial charge in [-0.3, -0.25) is 0 Å². The summed E-state index contributed by atoms with van der Waals surface area (Å²) in [7, 11) is 0. The van der Waals surface area contributed by atoms with Crippen LogP contribution in [0, 0.1) is 11.7 Å². The van der Waals surface area contributed by atoms with E-state index in [1.807, 2.05) is 6.07 Å². The van der Waals surface area contributed by atoms with E-state index in [2.05, 4.69) is 31.0 Å². The quantitative estimate of drug-likeness (QED) is 0.728. The summed E-state index contributed by atoms with van der Waals surface area (Å²) in [5.41, 5.74) is 2.29. The van der Waals surface area contributed by atoms with Crippen LogP contribution >= 0.6 is 0 Å². The van der Waals surface area contributed by atoms with E-state index in [1.165, 1.54) is 31.4 Å². The molecule has 0 amide bonds. The molecule has 1 aliphatic rings. The molecule has 1 N–H and O–H groups in total. The first-order valence-corrected chi connectivity index (χ1v) is 8.44. The number of halogens is 1. The average molecular weight is 292 g/mol. The van der Waals surface area contributed by atoms with E-state index < -0.39 is 0 Å². The minimum Gasteiger partial charge on any atom is -0.371 e. The van der Waals surface area contributed by atoms with Crippen molar-refractivity contribution in [2.45, 2.75) is 59.0 Å². The van der Waals surface area contributed by atoms with Gasteiger partial charge in [0, 0.05) is 31.4 Å². The van der Waals surface area contributed by atoms with Crippen LogP contribution in [-0.4, -0.2) is 19.1 Å². The number of nitrogens with zero attached hydrogens (tertiary/aromatic N) is 1. The summed E-state index contributed by atoms with van der Waals surface area (Å²) in [6.07, 6.45) is 4.92. The first-order chi connectivity index (χ1) is 10.2. The number of hydrogen-bond donors (Lipinski definition) is 1. The maximum Gasteiger partial charge on any atom is 0.123 e. The van der Waals surface area contributed by atoms with Crippen molar-refractivity contribution < 1.29 is 4.39 Å². The molecule has 0 radical (unpaired) electrons. The fraction of sp³-hybridized carbons (Fsp3) is 0.667. The fourth-order valence-corrected chi connectivity index (χ4v) is 2.80. The van der Waals surface area contributed by atoms with Crippen LogP contribution in [0.4, 0.5) is 10.1 Å². The predicted molar refractivity (Wildman–Crippen MR) is 88.2 cm³/mol. The number of anilines is 1. The van der Waals surface area contributed by atoms with E-state index in [0.29, 0.717) is 12.0 Å². The Kier molecular flexibility index (Phi) is 6.04. The first kappa shape index (κ1) is 16.3. The Morgan fingerprint density at radius 3 is 2.52 bits per heavy atom. The van der Waals surface area contributed by atoms with Gasteiger partial charge in [0.1, 0.15) is 5.82 Å². The first-order valence-electron chi connectivity index (χ1n) is 8.44. The molecule has 0 bridgehead atoms. The molecule has 118 valence electrons. The lowest BCUT2D eigenvalue weighted by Crippen LogP contribution is -2.30. The van der Waals surface area contributed by atoms with E-state index in [0.717, 1.165) is 25.2 Å². The number of rotatable bonds is 9. The third-order valence-corrected chi connectivity index (χ3v) is 4.56. The molecule has 0 unspecified atom stereocenters. The minimum atomic E-state index is -0.134. The minimum absolute atomic E-state index is 0.134. The molecule has 0 saturated heterocycles. The van der Waals surface area contributed by atoms with Gasteiger partial charge in [-0.25, -0.2) is 4.39 Å². The van der Waals surface area contributed by atoms with Gasteiger partial charge in [0.15, 0.2) is 0 Å². The summed E-state index contributed by atoms with van der Waals surface area (Å²) in [6.45, 7) is 9.50. The van der Waals surface area contributed by atoms with Crippen LogP contribution in [0.25, 0.3) is 0 Å². The molecule has 0 aromatic heterocycles. The standard InChI is InChI=1S/C18H29FN2/c1-4-14(5-2)13-21(6-3)18-10-7-16(19)11-15(18)12-20-17-8-9-17/h7,10-11,14,17,20H,4-6,8-9,12-13H2,1-3H3. The molecule has 21 heavy (non-hydrogen) atoms. The smallest absolute Gasteiger partial charge is 0.123 e. The van der Waals surface area contributed by atoms with Gasteiger partial charge in [-0.05, 0) is 49.4 Å². The Balaban J connectivity index is 2.13. The Morgan fingerprint density at radius 2 is 1.95 bits per heavy atom.